The first-order valence-electron chi connectivity index (χ1n) is 13.1. The molecule has 0 spiro atoms. The number of aromatic nitrogens is 1. The van der Waals surface area contributed by atoms with Gasteiger partial charge in [0.25, 0.3) is 0 Å². The molecule has 0 radical (unpaired) electrons. The number of likely N-dealkylation sites (tertiary alicyclic amines) is 1. The topological polar surface area (TPSA) is 31.5 Å². The maximum Gasteiger partial charge on any atom is 0.135 e. The number of piperidine rings is 1. The van der Waals surface area contributed by atoms with Crippen LogP contribution in [-0.4, -0.2) is 59.3 Å². The van der Waals surface area contributed by atoms with Gasteiger partial charge in [0.1, 0.15) is 29.7 Å². The van der Waals surface area contributed by atoms with Crippen LogP contribution in [0.1, 0.15) is 62.9 Å². The van der Waals surface area contributed by atoms with Crippen molar-refractivity contribution in [3.05, 3.63) is 64.9 Å². The smallest absolute Gasteiger partial charge is 0.135 e. The van der Waals surface area contributed by atoms with Crippen LogP contribution in [0.3, 0.4) is 0 Å². The standard InChI is InChI=1S/C29H36F3N3O/c1-19-15-22-21-9-5-6-10-25(21)33-27(22)28(35(19)18-29(2,3)32)26-23(30)16-20(17-24(26)31)36-14-13-34-11-7-4-8-12-34/h5-6,9-10,16-17,19,28,33H,4,7-8,11-15,18H2,1-3H3/t19-,28-/m1/s1. The molecule has 3 heterocycles. The van der Waals surface area contributed by atoms with Crippen LogP contribution in [0, 0.1) is 11.6 Å². The van der Waals surface area contributed by atoms with Crippen LogP contribution in [0.25, 0.3) is 10.9 Å². The van der Waals surface area contributed by atoms with Crippen LogP contribution in [0.15, 0.2) is 36.4 Å². The Morgan fingerprint density at radius 2 is 1.75 bits per heavy atom. The van der Waals surface area contributed by atoms with Crippen molar-refractivity contribution in [1.29, 1.82) is 0 Å². The van der Waals surface area contributed by atoms with Gasteiger partial charge in [-0.1, -0.05) is 24.6 Å². The zero-order chi connectivity index (χ0) is 25.4. The van der Waals surface area contributed by atoms with E-state index in [2.05, 4.69) is 9.88 Å². The summed E-state index contributed by atoms with van der Waals surface area (Å²) in [5.74, 6) is -1.16. The van der Waals surface area contributed by atoms with Crippen molar-refractivity contribution in [3.8, 4) is 5.75 Å². The fourth-order valence-corrected chi connectivity index (χ4v) is 5.88. The third-order valence-corrected chi connectivity index (χ3v) is 7.53. The third-order valence-electron chi connectivity index (χ3n) is 7.53. The number of alkyl halides is 1. The summed E-state index contributed by atoms with van der Waals surface area (Å²) in [5.41, 5.74) is 1.09. The van der Waals surface area contributed by atoms with Crippen LogP contribution in [0.5, 0.6) is 5.75 Å². The SMILES string of the molecule is C[C@@H]1Cc2c([nH]c3ccccc23)[C@@H](c2c(F)cc(OCCN3CCCCC3)cc2F)N1CC(C)(C)F. The van der Waals surface area contributed by atoms with E-state index in [1.165, 1.54) is 45.2 Å². The van der Waals surface area contributed by atoms with Crippen molar-refractivity contribution in [1.82, 2.24) is 14.8 Å². The maximum absolute atomic E-state index is 15.7. The number of halogens is 3. The predicted octanol–water partition coefficient (Wildman–Crippen LogP) is 6.39. The lowest BCUT2D eigenvalue weighted by molar-refractivity contribution is 0.0642. The molecule has 5 rings (SSSR count). The molecule has 0 unspecified atom stereocenters. The summed E-state index contributed by atoms with van der Waals surface area (Å²) in [4.78, 5) is 7.61. The molecule has 0 bridgehead atoms. The number of fused-ring (bicyclic) bond motifs is 3. The molecule has 194 valence electrons. The summed E-state index contributed by atoms with van der Waals surface area (Å²) in [5, 5.41) is 1.04. The molecule has 3 aromatic rings. The number of ether oxygens (including phenoxy) is 1. The van der Waals surface area contributed by atoms with E-state index in [0.29, 0.717) is 13.0 Å². The number of para-hydroxylation sites is 1. The van der Waals surface area contributed by atoms with Crippen LogP contribution < -0.4 is 4.74 Å². The molecule has 1 saturated heterocycles. The molecule has 4 nitrogen and oxygen atoms in total. The molecular formula is C29H36F3N3O. The Bertz CT molecular complexity index is 1190. The van der Waals surface area contributed by atoms with Crippen molar-refractivity contribution >= 4 is 10.9 Å². The highest BCUT2D eigenvalue weighted by Gasteiger charge is 2.41. The molecular weight excluding hydrogens is 463 g/mol. The lowest BCUT2D eigenvalue weighted by atomic mass is 9.87. The number of hydrogen-bond donors (Lipinski definition) is 1. The second kappa shape index (κ2) is 10.1. The van der Waals surface area contributed by atoms with Crippen molar-refractivity contribution < 1.29 is 17.9 Å². The summed E-state index contributed by atoms with van der Waals surface area (Å²) >= 11 is 0. The zero-order valence-electron chi connectivity index (χ0n) is 21.4. The second-order valence-electron chi connectivity index (χ2n) is 11.0. The molecule has 2 aromatic carbocycles. The van der Waals surface area contributed by atoms with Crippen molar-refractivity contribution in [2.24, 2.45) is 0 Å². The van der Waals surface area contributed by atoms with Gasteiger partial charge in [-0.05, 0) is 64.8 Å². The third kappa shape index (κ3) is 5.14. The van der Waals surface area contributed by atoms with Gasteiger partial charge in [0.05, 0.1) is 6.04 Å². The summed E-state index contributed by atoms with van der Waals surface area (Å²) in [6.07, 6.45) is 4.29. The number of benzene rings is 2. The molecule has 1 N–H and O–H groups in total. The van der Waals surface area contributed by atoms with Crippen LogP contribution in [0.2, 0.25) is 0 Å². The first-order valence-corrected chi connectivity index (χ1v) is 13.1. The van der Waals surface area contributed by atoms with E-state index in [9.17, 15) is 4.39 Å². The minimum atomic E-state index is -1.53. The normalized spacial score (nSPS) is 21.6. The lowest BCUT2D eigenvalue weighted by Crippen LogP contribution is -2.48. The molecule has 0 amide bonds. The highest BCUT2D eigenvalue weighted by atomic mass is 19.1. The molecule has 2 aliphatic heterocycles. The van der Waals surface area contributed by atoms with Gasteiger partial charge >= 0.3 is 0 Å². The Labute approximate surface area is 211 Å². The van der Waals surface area contributed by atoms with Crippen LogP contribution >= 0.6 is 0 Å². The number of rotatable bonds is 7. The van der Waals surface area contributed by atoms with E-state index in [1.54, 1.807) is 0 Å². The Hall–Kier alpha value is -2.51. The quantitative estimate of drug-likeness (QED) is 0.409. The zero-order valence-corrected chi connectivity index (χ0v) is 21.4. The first-order chi connectivity index (χ1) is 17.2. The summed E-state index contributed by atoms with van der Waals surface area (Å²) in [7, 11) is 0. The lowest BCUT2D eigenvalue weighted by Gasteiger charge is -2.43. The Morgan fingerprint density at radius 1 is 1.06 bits per heavy atom. The first kappa shape index (κ1) is 25.2. The van der Waals surface area contributed by atoms with Gasteiger partial charge in [-0.2, -0.15) is 0 Å². The van der Waals surface area contributed by atoms with E-state index in [-0.39, 0.29) is 23.9 Å². The molecule has 2 aliphatic rings. The van der Waals surface area contributed by atoms with Crippen molar-refractivity contribution in [2.75, 3.05) is 32.8 Å². The highest BCUT2D eigenvalue weighted by Crippen LogP contribution is 2.43. The van der Waals surface area contributed by atoms with E-state index in [4.69, 9.17) is 4.74 Å². The van der Waals surface area contributed by atoms with Crippen molar-refractivity contribution in [2.45, 2.75) is 64.2 Å². The number of nitrogens with one attached hydrogen (secondary N) is 1. The average Bonchev–Trinajstić information content (AvgIpc) is 3.18. The van der Waals surface area contributed by atoms with E-state index < -0.39 is 23.3 Å². The van der Waals surface area contributed by atoms with Gasteiger partial charge in [0.2, 0.25) is 0 Å². The average molecular weight is 500 g/mol. The largest absolute Gasteiger partial charge is 0.492 e. The summed E-state index contributed by atoms with van der Waals surface area (Å²) < 4.78 is 52.1. The Morgan fingerprint density at radius 3 is 2.44 bits per heavy atom. The predicted molar refractivity (Wildman–Crippen MR) is 137 cm³/mol. The molecule has 1 fully saturated rings. The minimum absolute atomic E-state index is 0.0562. The fourth-order valence-electron chi connectivity index (χ4n) is 5.88. The van der Waals surface area contributed by atoms with Gasteiger partial charge in [-0.3, -0.25) is 9.80 Å². The van der Waals surface area contributed by atoms with Gasteiger partial charge in [0, 0.05) is 53.4 Å². The van der Waals surface area contributed by atoms with Gasteiger partial charge in [-0.15, -0.1) is 0 Å². The van der Waals surface area contributed by atoms with Crippen LogP contribution in [-0.2, 0) is 6.42 Å². The second-order valence-corrected chi connectivity index (χ2v) is 11.0. The number of nitrogens with zero attached hydrogens (tertiary/aromatic N) is 2. The Kier molecular flexibility index (Phi) is 7.05. The minimum Gasteiger partial charge on any atom is -0.492 e. The van der Waals surface area contributed by atoms with Gasteiger partial charge in [-0.25, -0.2) is 13.2 Å². The van der Waals surface area contributed by atoms with E-state index >= 15 is 8.78 Å². The Balaban J connectivity index is 1.49. The molecule has 0 saturated carbocycles. The highest BCUT2D eigenvalue weighted by molar-refractivity contribution is 5.85. The molecule has 7 heteroatoms. The molecule has 2 atom stereocenters. The van der Waals surface area contributed by atoms with Gasteiger partial charge in [0.15, 0.2) is 0 Å². The summed E-state index contributed by atoms with van der Waals surface area (Å²) in [6.45, 7) is 8.26. The maximum atomic E-state index is 15.7. The number of aromatic amines is 1. The molecule has 36 heavy (non-hydrogen) atoms. The number of hydrogen-bond acceptors (Lipinski definition) is 3. The molecule has 0 aliphatic carbocycles. The van der Waals surface area contributed by atoms with Crippen molar-refractivity contribution in [3.63, 3.8) is 0 Å². The number of H-pyrrole nitrogens is 1. The van der Waals surface area contributed by atoms with E-state index in [1.807, 2.05) is 36.1 Å². The fraction of sp³-hybridized carbons (Fsp3) is 0.517. The summed E-state index contributed by atoms with van der Waals surface area (Å²) in [6, 6.07) is 9.56. The molecule has 1 aromatic heterocycles. The monoisotopic (exact) mass is 499 g/mol. The van der Waals surface area contributed by atoms with E-state index in [0.717, 1.165) is 41.8 Å². The van der Waals surface area contributed by atoms with Crippen LogP contribution in [0.4, 0.5) is 13.2 Å². The van der Waals surface area contributed by atoms with Gasteiger partial charge < -0.3 is 9.72 Å².